The van der Waals surface area contributed by atoms with Crippen molar-refractivity contribution in [2.75, 3.05) is 26.2 Å². The number of likely N-dealkylation sites (tertiary alicyclic amines) is 1. The maximum Gasteiger partial charge on any atom is 0.234 e. The van der Waals surface area contributed by atoms with E-state index in [4.69, 9.17) is 0 Å². The van der Waals surface area contributed by atoms with Gasteiger partial charge in [0.1, 0.15) is 0 Å². The average molecular weight is 255 g/mol. The lowest BCUT2D eigenvalue weighted by Crippen LogP contribution is -2.50. The van der Waals surface area contributed by atoms with Gasteiger partial charge in [-0.3, -0.25) is 9.69 Å². The molecule has 1 rings (SSSR count). The van der Waals surface area contributed by atoms with Crippen molar-refractivity contribution in [2.45, 2.75) is 58.5 Å². The van der Waals surface area contributed by atoms with Crippen LogP contribution in [0.1, 0.15) is 46.5 Å². The first-order chi connectivity index (χ1) is 8.63. The summed E-state index contributed by atoms with van der Waals surface area (Å²) in [4.78, 5) is 14.1. The van der Waals surface area contributed by atoms with E-state index in [0.29, 0.717) is 18.6 Å². The molecule has 18 heavy (non-hydrogen) atoms. The minimum Gasteiger partial charge on any atom is -0.355 e. The molecule has 0 spiro atoms. The molecule has 1 atom stereocenters. The molecule has 106 valence electrons. The first-order valence-electron chi connectivity index (χ1n) is 7.37. The standard InChI is InChI=1S/C14H29N3O/c1-4-8-15-14(18)11-17-9-6-5-7-13(17)10-16-12(2)3/h12-13,16H,4-11H2,1-3H3,(H,15,18). The lowest BCUT2D eigenvalue weighted by atomic mass is 10.0. The first-order valence-corrected chi connectivity index (χ1v) is 7.37. The summed E-state index contributed by atoms with van der Waals surface area (Å²) in [5, 5.41) is 6.45. The van der Waals surface area contributed by atoms with Crippen molar-refractivity contribution in [1.29, 1.82) is 0 Å². The number of nitrogens with one attached hydrogen (secondary N) is 2. The molecular formula is C14H29N3O. The third-order valence-corrected chi connectivity index (χ3v) is 3.43. The summed E-state index contributed by atoms with van der Waals surface area (Å²) in [6, 6.07) is 1.04. The quantitative estimate of drug-likeness (QED) is 0.722. The van der Waals surface area contributed by atoms with Gasteiger partial charge in [-0.25, -0.2) is 0 Å². The second-order valence-corrected chi connectivity index (χ2v) is 5.53. The number of piperidine rings is 1. The molecule has 4 heteroatoms. The van der Waals surface area contributed by atoms with Crippen molar-refractivity contribution < 1.29 is 4.79 Å². The molecule has 1 aliphatic rings. The maximum atomic E-state index is 11.8. The Morgan fingerprint density at radius 2 is 2.17 bits per heavy atom. The van der Waals surface area contributed by atoms with E-state index in [1.807, 2.05) is 0 Å². The largest absolute Gasteiger partial charge is 0.355 e. The highest BCUT2D eigenvalue weighted by atomic mass is 16.2. The van der Waals surface area contributed by atoms with Crippen LogP contribution in [-0.2, 0) is 4.79 Å². The van der Waals surface area contributed by atoms with Crippen molar-refractivity contribution >= 4 is 5.91 Å². The van der Waals surface area contributed by atoms with Gasteiger partial charge in [-0.05, 0) is 25.8 Å². The molecule has 4 nitrogen and oxygen atoms in total. The van der Waals surface area contributed by atoms with Gasteiger partial charge >= 0.3 is 0 Å². The van der Waals surface area contributed by atoms with Crippen LogP contribution in [0.4, 0.5) is 0 Å². The molecule has 0 aromatic heterocycles. The van der Waals surface area contributed by atoms with E-state index in [0.717, 1.165) is 26.1 Å². The van der Waals surface area contributed by atoms with Crippen LogP contribution in [0.3, 0.4) is 0 Å². The fourth-order valence-corrected chi connectivity index (χ4v) is 2.38. The van der Waals surface area contributed by atoms with Gasteiger partial charge in [0.15, 0.2) is 0 Å². The summed E-state index contributed by atoms with van der Waals surface area (Å²) in [6.07, 6.45) is 4.72. The van der Waals surface area contributed by atoms with E-state index in [9.17, 15) is 4.79 Å². The van der Waals surface area contributed by atoms with Gasteiger partial charge in [0, 0.05) is 25.2 Å². The molecule has 0 saturated carbocycles. The summed E-state index contributed by atoms with van der Waals surface area (Å²) in [5.74, 6) is 0.174. The highest BCUT2D eigenvalue weighted by Gasteiger charge is 2.23. The molecular weight excluding hydrogens is 226 g/mol. The number of carbonyl (C=O) groups is 1. The number of hydrogen-bond donors (Lipinski definition) is 2. The number of hydrogen-bond acceptors (Lipinski definition) is 3. The van der Waals surface area contributed by atoms with Crippen molar-refractivity contribution in [2.24, 2.45) is 0 Å². The van der Waals surface area contributed by atoms with Crippen molar-refractivity contribution in [3.63, 3.8) is 0 Å². The number of carbonyl (C=O) groups excluding carboxylic acids is 1. The summed E-state index contributed by atoms with van der Waals surface area (Å²) in [6.45, 7) is 9.83. The van der Waals surface area contributed by atoms with Crippen LogP contribution in [0.15, 0.2) is 0 Å². The monoisotopic (exact) mass is 255 g/mol. The Morgan fingerprint density at radius 3 is 2.83 bits per heavy atom. The SMILES string of the molecule is CCCNC(=O)CN1CCCCC1CNC(C)C. The summed E-state index contributed by atoms with van der Waals surface area (Å²) in [7, 11) is 0. The van der Waals surface area contributed by atoms with Gasteiger partial charge in [-0.1, -0.05) is 27.2 Å². The molecule has 1 fully saturated rings. The molecule has 1 unspecified atom stereocenters. The molecule has 1 heterocycles. The van der Waals surface area contributed by atoms with Crippen LogP contribution >= 0.6 is 0 Å². The lowest BCUT2D eigenvalue weighted by Gasteiger charge is -2.35. The Kier molecular flexibility index (Phi) is 7.28. The highest BCUT2D eigenvalue weighted by Crippen LogP contribution is 2.16. The van der Waals surface area contributed by atoms with Gasteiger partial charge in [-0.2, -0.15) is 0 Å². The zero-order valence-electron chi connectivity index (χ0n) is 12.2. The minimum absolute atomic E-state index is 0.174. The normalized spacial score (nSPS) is 21.2. The molecule has 0 bridgehead atoms. The lowest BCUT2D eigenvalue weighted by molar-refractivity contribution is -0.123. The Morgan fingerprint density at radius 1 is 1.39 bits per heavy atom. The van der Waals surface area contributed by atoms with Gasteiger partial charge in [0.05, 0.1) is 6.54 Å². The number of nitrogens with zero attached hydrogens (tertiary/aromatic N) is 1. The fraction of sp³-hybridized carbons (Fsp3) is 0.929. The van der Waals surface area contributed by atoms with E-state index in [2.05, 4.69) is 36.3 Å². The molecule has 0 aromatic rings. The zero-order chi connectivity index (χ0) is 13.4. The first kappa shape index (κ1) is 15.4. The van der Waals surface area contributed by atoms with Gasteiger partial charge in [0.2, 0.25) is 5.91 Å². The zero-order valence-corrected chi connectivity index (χ0v) is 12.2. The molecule has 1 amide bonds. The average Bonchev–Trinajstić information content (AvgIpc) is 2.35. The van der Waals surface area contributed by atoms with Gasteiger partial charge in [0.25, 0.3) is 0 Å². The molecule has 2 N–H and O–H groups in total. The van der Waals surface area contributed by atoms with Crippen LogP contribution in [0, 0.1) is 0 Å². The van der Waals surface area contributed by atoms with Crippen LogP contribution in [0.5, 0.6) is 0 Å². The topological polar surface area (TPSA) is 44.4 Å². The highest BCUT2D eigenvalue weighted by molar-refractivity contribution is 5.78. The third kappa shape index (κ3) is 5.83. The second kappa shape index (κ2) is 8.48. The molecule has 0 aliphatic carbocycles. The van der Waals surface area contributed by atoms with Crippen molar-refractivity contribution in [1.82, 2.24) is 15.5 Å². The van der Waals surface area contributed by atoms with Crippen LogP contribution in [0.2, 0.25) is 0 Å². The number of amides is 1. The predicted octanol–water partition coefficient (Wildman–Crippen LogP) is 1.37. The molecule has 0 aromatic carbocycles. The third-order valence-electron chi connectivity index (χ3n) is 3.43. The van der Waals surface area contributed by atoms with Crippen LogP contribution in [0.25, 0.3) is 0 Å². The summed E-state index contributed by atoms with van der Waals surface area (Å²) >= 11 is 0. The van der Waals surface area contributed by atoms with E-state index < -0.39 is 0 Å². The van der Waals surface area contributed by atoms with Crippen LogP contribution in [-0.4, -0.2) is 49.1 Å². The van der Waals surface area contributed by atoms with Gasteiger partial charge < -0.3 is 10.6 Å². The molecule has 0 radical (unpaired) electrons. The predicted molar refractivity (Wildman–Crippen MR) is 75.7 cm³/mol. The second-order valence-electron chi connectivity index (χ2n) is 5.53. The van der Waals surface area contributed by atoms with E-state index in [-0.39, 0.29) is 5.91 Å². The van der Waals surface area contributed by atoms with Crippen molar-refractivity contribution in [3.8, 4) is 0 Å². The number of rotatable bonds is 7. The summed E-state index contributed by atoms with van der Waals surface area (Å²) in [5.41, 5.74) is 0. The van der Waals surface area contributed by atoms with E-state index in [1.54, 1.807) is 0 Å². The van der Waals surface area contributed by atoms with Crippen molar-refractivity contribution in [3.05, 3.63) is 0 Å². The minimum atomic E-state index is 0.174. The molecule has 1 aliphatic heterocycles. The van der Waals surface area contributed by atoms with Crippen LogP contribution < -0.4 is 10.6 Å². The Labute approximate surface area is 111 Å². The Bertz CT molecular complexity index is 243. The van der Waals surface area contributed by atoms with Gasteiger partial charge in [-0.15, -0.1) is 0 Å². The smallest absolute Gasteiger partial charge is 0.234 e. The summed E-state index contributed by atoms with van der Waals surface area (Å²) < 4.78 is 0. The maximum absolute atomic E-state index is 11.8. The fourth-order valence-electron chi connectivity index (χ4n) is 2.38. The van der Waals surface area contributed by atoms with E-state index >= 15 is 0 Å². The Hall–Kier alpha value is -0.610. The Balaban J connectivity index is 2.36. The van der Waals surface area contributed by atoms with E-state index in [1.165, 1.54) is 19.3 Å². The molecule has 1 saturated heterocycles.